The van der Waals surface area contributed by atoms with Gasteiger partial charge in [0, 0.05) is 21.8 Å². The number of aryl methyl sites for hydroxylation is 1. The largest absolute Gasteiger partial charge is 0.372 e. The van der Waals surface area contributed by atoms with E-state index in [0.29, 0.717) is 21.8 Å². The fraction of sp³-hybridized carbons (Fsp3) is 0.133. The van der Waals surface area contributed by atoms with Crippen molar-refractivity contribution in [2.24, 2.45) is 0 Å². The second kappa shape index (κ2) is 4.08. The highest BCUT2D eigenvalue weighted by molar-refractivity contribution is 6.31. The van der Waals surface area contributed by atoms with Crippen LogP contribution in [0.25, 0.3) is 0 Å². The number of nitrogens with one attached hydrogen (secondary N) is 1. The SMILES string of the molecule is Cc1ccccc1C1(O)C(=O)Nc2ccc(Cl)cc21. The van der Waals surface area contributed by atoms with E-state index < -0.39 is 11.5 Å². The van der Waals surface area contributed by atoms with Crippen molar-refractivity contribution in [3.63, 3.8) is 0 Å². The summed E-state index contributed by atoms with van der Waals surface area (Å²) < 4.78 is 0. The van der Waals surface area contributed by atoms with Crippen LogP contribution in [0.4, 0.5) is 5.69 Å². The Morgan fingerprint density at radius 1 is 1.16 bits per heavy atom. The molecule has 1 aliphatic rings. The molecule has 3 rings (SSSR count). The van der Waals surface area contributed by atoms with E-state index in [1.165, 1.54) is 0 Å². The Bertz CT molecular complexity index is 684. The Morgan fingerprint density at radius 3 is 2.63 bits per heavy atom. The first-order valence-electron chi connectivity index (χ1n) is 5.93. The Hall–Kier alpha value is -1.84. The topological polar surface area (TPSA) is 49.3 Å². The molecule has 1 atom stereocenters. The van der Waals surface area contributed by atoms with Gasteiger partial charge < -0.3 is 10.4 Å². The van der Waals surface area contributed by atoms with Gasteiger partial charge in [0.2, 0.25) is 0 Å². The van der Waals surface area contributed by atoms with Crippen molar-refractivity contribution in [1.82, 2.24) is 0 Å². The van der Waals surface area contributed by atoms with Gasteiger partial charge in [0.15, 0.2) is 5.60 Å². The fourth-order valence-corrected chi connectivity index (χ4v) is 2.68. The number of anilines is 1. The predicted octanol–water partition coefficient (Wildman–Crippen LogP) is 2.84. The van der Waals surface area contributed by atoms with Crippen LogP contribution in [0.1, 0.15) is 16.7 Å². The summed E-state index contributed by atoms with van der Waals surface area (Å²) in [6.45, 7) is 1.86. The van der Waals surface area contributed by atoms with Crippen LogP contribution in [-0.2, 0) is 10.4 Å². The first-order chi connectivity index (χ1) is 9.03. The molecule has 0 saturated heterocycles. The lowest BCUT2D eigenvalue weighted by atomic mass is 9.85. The van der Waals surface area contributed by atoms with Crippen LogP contribution < -0.4 is 5.32 Å². The molecule has 0 aliphatic carbocycles. The third kappa shape index (κ3) is 1.66. The zero-order valence-electron chi connectivity index (χ0n) is 10.3. The zero-order valence-corrected chi connectivity index (χ0v) is 11.0. The molecule has 96 valence electrons. The molecule has 0 spiro atoms. The summed E-state index contributed by atoms with van der Waals surface area (Å²) in [6, 6.07) is 12.3. The minimum atomic E-state index is -1.68. The van der Waals surface area contributed by atoms with Gasteiger partial charge in [-0.15, -0.1) is 0 Å². The predicted molar refractivity (Wildman–Crippen MR) is 74.3 cm³/mol. The third-order valence-corrected chi connectivity index (χ3v) is 3.72. The Kier molecular flexibility index (Phi) is 2.62. The molecule has 1 amide bonds. The van der Waals surface area contributed by atoms with Crippen LogP contribution in [0.15, 0.2) is 42.5 Å². The maximum absolute atomic E-state index is 12.2. The fourth-order valence-electron chi connectivity index (χ4n) is 2.51. The van der Waals surface area contributed by atoms with Crippen LogP contribution >= 0.6 is 11.6 Å². The van der Waals surface area contributed by atoms with Crippen LogP contribution in [0, 0.1) is 6.92 Å². The second-order valence-electron chi connectivity index (χ2n) is 4.67. The van der Waals surface area contributed by atoms with Gasteiger partial charge in [-0.1, -0.05) is 35.9 Å². The summed E-state index contributed by atoms with van der Waals surface area (Å²) >= 11 is 5.98. The normalized spacial score (nSPS) is 21.1. The number of rotatable bonds is 1. The van der Waals surface area contributed by atoms with Crippen LogP contribution in [0.5, 0.6) is 0 Å². The summed E-state index contributed by atoms with van der Waals surface area (Å²) in [6.07, 6.45) is 0. The molecule has 0 aromatic heterocycles. The van der Waals surface area contributed by atoms with E-state index in [9.17, 15) is 9.90 Å². The molecule has 1 heterocycles. The average Bonchev–Trinajstić information content (AvgIpc) is 2.64. The summed E-state index contributed by atoms with van der Waals surface area (Å²) in [5.41, 5.74) is 0.854. The highest BCUT2D eigenvalue weighted by Gasteiger charge is 2.47. The van der Waals surface area contributed by atoms with Crippen molar-refractivity contribution >= 4 is 23.2 Å². The van der Waals surface area contributed by atoms with Crippen molar-refractivity contribution in [1.29, 1.82) is 0 Å². The summed E-state index contributed by atoms with van der Waals surface area (Å²) in [5, 5.41) is 14.1. The summed E-state index contributed by atoms with van der Waals surface area (Å²) in [5.74, 6) is -0.445. The highest BCUT2D eigenvalue weighted by Crippen LogP contribution is 2.42. The Labute approximate surface area is 115 Å². The standard InChI is InChI=1S/C15H12ClNO2/c1-9-4-2-3-5-11(9)15(19)12-8-10(16)6-7-13(12)17-14(15)18/h2-8,19H,1H3,(H,17,18). The number of aliphatic hydroxyl groups is 1. The lowest BCUT2D eigenvalue weighted by molar-refractivity contribution is -0.129. The molecular formula is C15H12ClNO2. The number of benzene rings is 2. The number of hydrogen-bond donors (Lipinski definition) is 2. The molecule has 2 aromatic carbocycles. The van der Waals surface area contributed by atoms with Gasteiger partial charge in [-0.3, -0.25) is 4.79 Å². The quantitative estimate of drug-likeness (QED) is 0.839. The molecule has 0 bridgehead atoms. The molecule has 1 unspecified atom stereocenters. The Morgan fingerprint density at radius 2 is 1.89 bits per heavy atom. The number of fused-ring (bicyclic) bond motifs is 1. The first-order valence-corrected chi connectivity index (χ1v) is 6.31. The van der Waals surface area contributed by atoms with E-state index >= 15 is 0 Å². The Balaban J connectivity index is 2.28. The van der Waals surface area contributed by atoms with E-state index in [1.807, 2.05) is 19.1 Å². The van der Waals surface area contributed by atoms with Crippen molar-refractivity contribution in [2.75, 3.05) is 5.32 Å². The van der Waals surface area contributed by atoms with Crippen molar-refractivity contribution < 1.29 is 9.90 Å². The molecular weight excluding hydrogens is 262 g/mol. The lowest BCUT2D eigenvalue weighted by Crippen LogP contribution is -2.36. The minimum absolute atomic E-state index is 0.445. The van der Waals surface area contributed by atoms with Crippen molar-refractivity contribution in [2.45, 2.75) is 12.5 Å². The molecule has 2 N–H and O–H groups in total. The second-order valence-corrected chi connectivity index (χ2v) is 5.11. The zero-order chi connectivity index (χ0) is 13.6. The van der Waals surface area contributed by atoms with E-state index in [2.05, 4.69) is 5.32 Å². The van der Waals surface area contributed by atoms with Gasteiger partial charge in [0.25, 0.3) is 5.91 Å². The van der Waals surface area contributed by atoms with E-state index in [0.717, 1.165) is 5.56 Å². The van der Waals surface area contributed by atoms with Gasteiger partial charge in [0.05, 0.1) is 0 Å². The van der Waals surface area contributed by atoms with Crippen LogP contribution in [-0.4, -0.2) is 11.0 Å². The minimum Gasteiger partial charge on any atom is -0.372 e. The molecule has 1 aliphatic heterocycles. The molecule has 4 heteroatoms. The van der Waals surface area contributed by atoms with Crippen LogP contribution in [0.3, 0.4) is 0 Å². The smallest absolute Gasteiger partial charge is 0.265 e. The van der Waals surface area contributed by atoms with E-state index in [-0.39, 0.29) is 0 Å². The number of halogens is 1. The monoisotopic (exact) mass is 273 g/mol. The third-order valence-electron chi connectivity index (χ3n) is 3.48. The highest BCUT2D eigenvalue weighted by atomic mass is 35.5. The summed E-state index contributed by atoms with van der Waals surface area (Å²) in [7, 11) is 0. The number of amides is 1. The maximum atomic E-state index is 12.2. The first kappa shape index (κ1) is 12.2. The van der Waals surface area contributed by atoms with Gasteiger partial charge in [-0.05, 0) is 30.7 Å². The molecule has 0 radical (unpaired) electrons. The molecule has 19 heavy (non-hydrogen) atoms. The molecule has 2 aromatic rings. The summed E-state index contributed by atoms with van der Waals surface area (Å²) in [4.78, 5) is 12.2. The maximum Gasteiger partial charge on any atom is 0.265 e. The molecule has 3 nitrogen and oxygen atoms in total. The van der Waals surface area contributed by atoms with Crippen molar-refractivity contribution in [3.8, 4) is 0 Å². The van der Waals surface area contributed by atoms with Gasteiger partial charge in [-0.25, -0.2) is 0 Å². The van der Waals surface area contributed by atoms with Gasteiger partial charge in [0.1, 0.15) is 0 Å². The van der Waals surface area contributed by atoms with Gasteiger partial charge >= 0.3 is 0 Å². The van der Waals surface area contributed by atoms with Crippen molar-refractivity contribution in [3.05, 3.63) is 64.2 Å². The number of hydrogen-bond acceptors (Lipinski definition) is 2. The molecule has 0 fully saturated rings. The average molecular weight is 274 g/mol. The van der Waals surface area contributed by atoms with Crippen LogP contribution in [0.2, 0.25) is 5.02 Å². The van der Waals surface area contributed by atoms with E-state index in [1.54, 1.807) is 30.3 Å². The number of carbonyl (C=O) groups excluding carboxylic acids is 1. The lowest BCUT2D eigenvalue weighted by Gasteiger charge is -2.23. The van der Waals surface area contributed by atoms with E-state index in [4.69, 9.17) is 11.6 Å². The number of carbonyl (C=O) groups is 1. The van der Waals surface area contributed by atoms with Gasteiger partial charge in [-0.2, -0.15) is 0 Å². The molecule has 0 saturated carbocycles.